The highest BCUT2D eigenvalue weighted by atomic mass is 35.5. The maximum absolute atomic E-state index is 11.3. The van der Waals surface area contributed by atoms with Gasteiger partial charge < -0.3 is 15.2 Å². The SMILES string of the molecule is CC(C)(C)OC(=O)NCC=Cc1ccc(Cl)cc1O. The van der Waals surface area contributed by atoms with Gasteiger partial charge in [-0.15, -0.1) is 0 Å². The fraction of sp³-hybridized carbons (Fsp3) is 0.357. The van der Waals surface area contributed by atoms with Gasteiger partial charge in [0, 0.05) is 17.1 Å². The van der Waals surface area contributed by atoms with Crippen molar-refractivity contribution in [2.24, 2.45) is 0 Å². The molecule has 0 aliphatic rings. The van der Waals surface area contributed by atoms with E-state index >= 15 is 0 Å². The first-order valence-corrected chi connectivity index (χ1v) is 6.27. The number of nitrogens with one attached hydrogen (secondary N) is 1. The minimum Gasteiger partial charge on any atom is -0.507 e. The molecule has 2 N–H and O–H groups in total. The number of phenols is 1. The van der Waals surface area contributed by atoms with E-state index in [2.05, 4.69) is 5.32 Å². The van der Waals surface area contributed by atoms with Crippen LogP contribution < -0.4 is 5.32 Å². The molecule has 1 aromatic carbocycles. The Bertz CT molecular complexity index is 478. The van der Waals surface area contributed by atoms with Crippen molar-refractivity contribution in [1.82, 2.24) is 5.32 Å². The second-order valence-corrected chi connectivity index (χ2v) is 5.42. The molecule has 0 unspecified atom stereocenters. The molecule has 0 aliphatic heterocycles. The Kier molecular flexibility index (Phi) is 5.24. The van der Waals surface area contributed by atoms with Crippen LogP contribution in [0.25, 0.3) is 6.08 Å². The fourth-order valence-electron chi connectivity index (χ4n) is 1.30. The summed E-state index contributed by atoms with van der Waals surface area (Å²) < 4.78 is 5.08. The zero-order valence-corrected chi connectivity index (χ0v) is 12.0. The lowest BCUT2D eigenvalue weighted by Crippen LogP contribution is -2.32. The van der Waals surface area contributed by atoms with Gasteiger partial charge >= 0.3 is 6.09 Å². The fourth-order valence-corrected chi connectivity index (χ4v) is 1.47. The third kappa shape index (κ3) is 6.15. The van der Waals surface area contributed by atoms with Crippen LogP contribution in [-0.4, -0.2) is 23.3 Å². The van der Waals surface area contributed by atoms with E-state index in [9.17, 15) is 9.90 Å². The molecule has 0 aliphatic carbocycles. The van der Waals surface area contributed by atoms with Crippen molar-refractivity contribution >= 4 is 23.8 Å². The summed E-state index contributed by atoms with van der Waals surface area (Å²) in [6.07, 6.45) is 2.94. The van der Waals surface area contributed by atoms with Crippen LogP contribution in [0.2, 0.25) is 5.02 Å². The van der Waals surface area contributed by atoms with Crippen LogP contribution in [0.4, 0.5) is 4.79 Å². The van der Waals surface area contributed by atoms with E-state index in [1.165, 1.54) is 6.07 Å². The van der Waals surface area contributed by atoms with E-state index in [0.717, 1.165) is 0 Å². The maximum atomic E-state index is 11.3. The van der Waals surface area contributed by atoms with Crippen LogP contribution >= 0.6 is 11.6 Å². The molecule has 1 rings (SSSR count). The monoisotopic (exact) mass is 283 g/mol. The first kappa shape index (κ1) is 15.4. The molecule has 0 atom stereocenters. The summed E-state index contributed by atoms with van der Waals surface area (Å²) in [5, 5.41) is 12.7. The maximum Gasteiger partial charge on any atom is 0.407 e. The summed E-state index contributed by atoms with van der Waals surface area (Å²) in [5.41, 5.74) is 0.123. The summed E-state index contributed by atoms with van der Waals surface area (Å²) in [6, 6.07) is 4.84. The van der Waals surface area contributed by atoms with E-state index in [-0.39, 0.29) is 5.75 Å². The van der Waals surface area contributed by atoms with Crippen molar-refractivity contribution in [3.8, 4) is 5.75 Å². The molecular weight excluding hydrogens is 266 g/mol. The largest absolute Gasteiger partial charge is 0.507 e. The van der Waals surface area contributed by atoms with Crippen molar-refractivity contribution < 1.29 is 14.6 Å². The van der Waals surface area contributed by atoms with E-state index in [1.54, 1.807) is 45.1 Å². The van der Waals surface area contributed by atoms with Gasteiger partial charge in [-0.1, -0.05) is 23.8 Å². The van der Waals surface area contributed by atoms with E-state index in [4.69, 9.17) is 16.3 Å². The second kappa shape index (κ2) is 6.48. The number of carbonyl (C=O) groups is 1. The minimum absolute atomic E-state index is 0.0982. The van der Waals surface area contributed by atoms with Gasteiger partial charge in [0.1, 0.15) is 11.4 Å². The van der Waals surface area contributed by atoms with Gasteiger partial charge in [0.15, 0.2) is 0 Å². The Labute approximate surface area is 118 Å². The third-order valence-electron chi connectivity index (χ3n) is 2.05. The first-order valence-electron chi connectivity index (χ1n) is 5.90. The third-order valence-corrected chi connectivity index (χ3v) is 2.29. The Morgan fingerprint density at radius 2 is 2.16 bits per heavy atom. The Morgan fingerprint density at radius 3 is 2.74 bits per heavy atom. The molecule has 0 spiro atoms. The standard InChI is InChI=1S/C14H18ClNO3/c1-14(2,3)19-13(18)16-8-4-5-10-6-7-11(15)9-12(10)17/h4-7,9,17H,8H2,1-3H3,(H,16,18). The summed E-state index contributed by atoms with van der Waals surface area (Å²) >= 11 is 5.72. The van der Waals surface area contributed by atoms with Gasteiger partial charge in [-0.3, -0.25) is 0 Å². The molecule has 5 heteroatoms. The summed E-state index contributed by atoms with van der Waals surface area (Å²) in [6.45, 7) is 5.72. The highest BCUT2D eigenvalue weighted by Gasteiger charge is 2.14. The van der Waals surface area contributed by atoms with Crippen LogP contribution in [-0.2, 0) is 4.74 Å². The predicted molar refractivity (Wildman–Crippen MR) is 76.4 cm³/mol. The summed E-state index contributed by atoms with van der Waals surface area (Å²) in [7, 11) is 0. The summed E-state index contributed by atoms with van der Waals surface area (Å²) in [4.78, 5) is 11.3. The first-order chi connectivity index (χ1) is 8.78. The molecule has 19 heavy (non-hydrogen) atoms. The smallest absolute Gasteiger partial charge is 0.407 e. The van der Waals surface area contributed by atoms with Crippen molar-refractivity contribution in [1.29, 1.82) is 0 Å². The molecule has 0 radical (unpaired) electrons. The van der Waals surface area contributed by atoms with Gasteiger partial charge in [-0.2, -0.15) is 0 Å². The van der Waals surface area contributed by atoms with Gasteiger partial charge in [0.05, 0.1) is 0 Å². The number of alkyl carbamates (subject to hydrolysis) is 1. The second-order valence-electron chi connectivity index (χ2n) is 4.99. The number of hydrogen-bond acceptors (Lipinski definition) is 3. The van der Waals surface area contributed by atoms with Crippen LogP contribution in [0.5, 0.6) is 5.75 Å². The molecular formula is C14H18ClNO3. The molecule has 0 fully saturated rings. The molecule has 0 aromatic heterocycles. The van der Waals surface area contributed by atoms with Crippen LogP contribution in [0, 0.1) is 0 Å². The average Bonchev–Trinajstić information content (AvgIpc) is 2.24. The number of halogens is 1. The van der Waals surface area contributed by atoms with Crippen LogP contribution in [0.1, 0.15) is 26.3 Å². The molecule has 0 heterocycles. The molecule has 0 saturated heterocycles. The topological polar surface area (TPSA) is 58.6 Å². The van der Waals surface area contributed by atoms with Gasteiger partial charge in [0.2, 0.25) is 0 Å². The zero-order chi connectivity index (χ0) is 14.5. The average molecular weight is 284 g/mol. The lowest BCUT2D eigenvalue weighted by atomic mass is 10.2. The van der Waals surface area contributed by atoms with Crippen molar-refractivity contribution in [3.63, 3.8) is 0 Å². The summed E-state index contributed by atoms with van der Waals surface area (Å²) in [5.74, 6) is 0.0982. The zero-order valence-electron chi connectivity index (χ0n) is 11.2. The molecule has 0 bridgehead atoms. The molecule has 4 nitrogen and oxygen atoms in total. The van der Waals surface area contributed by atoms with Crippen LogP contribution in [0.15, 0.2) is 24.3 Å². The normalized spacial score (nSPS) is 11.6. The van der Waals surface area contributed by atoms with Gasteiger partial charge in [0.25, 0.3) is 0 Å². The highest BCUT2D eigenvalue weighted by molar-refractivity contribution is 6.30. The van der Waals surface area contributed by atoms with Gasteiger partial charge in [-0.25, -0.2) is 4.79 Å². The Balaban J connectivity index is 2.44. The van der Waals surface area contributed by atoms with Crippen molar-refractivity contribution in [2.75, 3.05) is 6.54 Å². The van der Waals surface area contributed by atoms with Crippen molar-refractivity contribution in [2.45, 2.75) is 26.4 Å². The van der Waals surface area contributed by atoms with E-state index in [0.29, 0.717) is 17.1 Å². The number of phenolic OH excluding ortho intramolecular Hbond substituents is 1. The lowest BCUT2D eigenvalue weighted by molar-refractivity contribution is 0.0534. The molecule has 1 amide bonds. The number of ether oxygens (including phenoxy) is 1. The van der Waals surface area contributed by atoms with Gasteiger partial charge in [-0.05, 0) is 39.0 Å². The number of carbonyl (C=O) groups excluding carboxylic acids is 1. The number of hydrogen-bond donors (Lipinski definition) is 2. The Morgan fingerprint density at radius 1 is 1.47 bits per heavy atom. The molecule has 1 aromatic rings. The Hall–Kier alpha value is -1.68. The van der Waals surface area contributed by atoms with E-state index in [1.807, 2.05) is 0 Å². The number of benzene rings is 1. The lowest BCUT2D eigenvalue weighted by Gasteiger charge is -2.19. The number of aromatic hydroxyl groups is 1. The van der Waals surface area contributed by atoms with Crippen molar-refractivity contribution in [3.05, 3.63) is 34.9 Å². The minimum atomic E-state index is -0.512. The number of amides is 1. The van der Waals surface area contributed by atoms with E-state index < -0.39 is 11.7 Å². The number of rotatable bonds is 3. The molecule has 0 saturated carbocycles. The predicted octanol–water partition coefficient (Wildman–Crippen LogP) is 3.58. The highest BCUT2D eigenvalue weighted by Crippen LogP contribution is 2.22. The quantitative estimate of drug-likeness (QED) is 0.891. The molecule has 104 valence electrons. The van der Waals surface area contributed by atoms with Crippen LogP contribution in [0.3, 0.4) is 0 Å².